The van der Waals surface area contributed by atoms with Crippen LogP contribution in [0.5, 0.6) is 17.2 Å². The van der Waals surface area contributed by atoms with Crippen LogP contribution in [0, 0.1) is 0 Å². The molecule has 1 N–H and O–H groups in total. The molecule has 6 heteroatoms. The Bertz CT molecular complexity index is 921. The Hall–Kier alpha value is -3.06. The molecule has 3 aromatic rings. The molecule has 1 fully saturated rings. The average Bonchev–Trinajstić information content (AvgIpc) is 3.33. The van der Waals surface area contributed by atoms with Gasteiger partial charge in [-0.3, -0.25) is 0 Å². The van der Waals surface area contributed by atoms with E-state index >= 15 is 0 Å². The van der Waals surface area contributed by atoms with Crippen molar-refractivity contribution < 1.29 is 23.7 Å². The van der Waals surface area contributed by atoms with Gasteiger partial charge in [-0.05, 0) is 23.3 Å². The molecule has 0 radical (unpaired) electrons. The molecule has 1 heterocycles. The highest BCUT2D eigenvalue weighted by atomic mass is 16.7. The molecule has 3 aromatic carbocycles. The van der Waals surface area contributed by atoms with Gasteiger partial charge in [-0.1, -0.05) is 66.7 Å². The molecule has 174 valence electrons. The zero-order valence-electron chi connectivity index (χ0n) is 19.1. The third-order valence-corrected chi connectivity index (χ3v) is 5.64. The summed E-state index contributed by atoms with van der Waals surface area (Å²) in [6, 6.07) is 26.3. The van der Waals surface area contributed by atoms with E-state index in [0.29, 0.717) is 43.6 Å². The minimum absolute atomic E-state index is 0.0225. The molecule has 0 aromatic heterocycles. The Morgan fingerprint density at radius 3 is 2.03 bits per heavy atom. The van der Waals surface area contributed by atoms with Gasteiger partial charge in [0.05, 0.1) is 32.8 Å². The van der Waals surface area contributed by atoms with E-state index in [2.05, 4.69) is 53.8 Å². The molecule has 0 bridgehead atoms. The molecule has 4 rings (SSSR count). The van der Waals surface area contributed by atoms with Crippen molar-refractivity contribution in [2.75, 3.05) is 40.5 Å². The summed E-state index contributed by atoms with van der Waals surface area (Å²) in [5, 5.41) is 3.40. The van der Waals surface area contributed by atoms with Crippen LogP contribution in [0.2, 0.25) is 0 Å². The summed E-state index contributed by atoms with van der Waals surface area (Å²) >= 11 is 0. The fraction of sp³-hybridized carbons (Fsp3) is 0.333. The molecule has 33 heavy (non-hydrogen) atoms. The van der Waals surface area contributed by atoms with Gasteiger partial charge in [0.2, 0.25) is 5.75 Å². The maximum absolute atomic E-state index is 6.30. The van der Waals surface area contributed by atoms with Crippen molar-refractivity contribution in [1.82, 2.24) is 5.32 Å². The normalized spacial score (nSPS) is 17.8. The highest BCUT2D eigenvalue weighted by Gasteiger charge is 2.34. The lowest BCUT2D eigenvalue weighted by Crippen LogP contribution is -2.32. The van der Waals surface area contributed by atoms with Crippen LogP contribution < -0.4 is 19.5 Å². The quantitative estimate of drug-likeness (QED) is 0.442. The smallest absolute Gasteiger partial charge is 0.203 e. The number of benzene rings is 3. The number of nitrogens with one attached hydrogen (secondary N) is 1. The molecule has 0 saturated carbocycles. The van der Waals surface area contributed by atoms with Gasteiger partial charge in [0.1, 0.15) is 6.61 Å². The summed E-state index contributed by atoms with van der Waals surface area (Å²) < 4.78 is 29.0. The van der Waals surface area contributed by atoms with Crippen molar-refractivity contribution in [2.24, 2.45) is 0 Å². The van der Waals surface area contributed by atoms with E-state index in [1.54, 1.807) is 14.2 Å². The lowest BCUT2D eigenvalue weighted by Gasteiger charge is -2.24. The van der Waals surface area contributed by atoms with Gasteiger partial charge in [0, 0.05) is 13.1 Å². The third kappa shape index (κ3) is 5.85. The second-order valence-corrected chi connectivity index (χ2v) is 7.80. The SMILES string of the molecule is COc1cccc(OC)c1OCCNC[C@@H]1CO[C@H](C(c2ccccc2)c2ccccc2)O1. The molecular formula is C27H31NO5. The second-order valence-electron chi connectivity index (χ2n) is 7.80. The van der Waals surface area contributed by atoms with Crippen molar-refractivity contribution >= 4 is 0 Å². The number of methoxy groups -OCH3 is 2. The van der Waals surface area contributed by atoms with E-state index in [1.807, 2.05) is 30.3 Å². The summed E-state index contributed by atoms with van der Waals surface area (Å²) in [6.45, 7) is 2.37. The van der Waals surface area contributed by atoms with Gasteiger partial charge in [-0.2, -0.15) is 0 Å². The first-order valence-corrected chi connectivity index (χ1v) is 11.2. The monoisotopic (exact) mass is 449 g/mol. The first kappa shape index (κ1) is 23.1. The van der Waals surface area contributed by atoms with Crippen molar-refractivity contribution in [3.05, 3.63) is 90.0 Å². The Balaban J connectivity index is 1.29. The number of para-hydroxylation sites is 1. The number of hydrogen-bond donors (Lipinski definition) is 1. The Labute approximate surface area is 195 Å². The van der Waals surface area contributed by atoms with E-state index in [4.69, 9.17) is 23.7 Å². The average molecular weight is 450 g/mol. The van der Waals surface area contributed by atoms with Crippen molar-refractivity contribution in [1.29, 1.82) is 0 Å². The lowest BCUT2D eigenvalue weighted by molar-refractivity contribution is -0.0669. The van der Waals surface area contributed by atoms with Crippen LogP contribution in [0.4, 0.5) is 0 Å². The van der Waals surface area contributed by atoms with E-state index in [-0.39, 0.29) is 18.3 Å². The second kappa shape index (κ2) is 11.7. The minimum Gasteiger partial charge on any atom is -0.493 e. The summed E-state index contributed by atoms with van der Waals surface area (Å²) in [7, 11) is 3.23. The zero-order valence-corrected chi connectivity index (χ0v) is 19.1. The Morgan fingerprint density at radius 2 is 1.45 bits per heavy atom. The standard InChI is InChI=1S/C27H31NO5/c1-29-23-14-9-15-24(30-2)26(23)31-17-16-28-18-22-19-32-27(33-22)25(20-10-5-3-6-11-20)21-12-7-4-8-13-21/h3-15,22,25,27-28H,16-19H2,1-2H3/t22-,27+/m1/s1. The third-order valence-electron chi connectivity index (χ3n) is 5.64. The molecule has 0 aliphatic carbocycles. The summed E-state index contributed by atoms with van der Waals surface area (Å²) in [4.78, 5) is 0. The molecule has 2 atom stereocenters. The van der Waals surface area contributed by atoms with Crippen LogP contribution >= 0.6 is 0 Å². The van der Waals surface area contributed by atoms with E-state index in [9.17, 15) is 0 Å². The number of ether oxygens (including phenoxy) is 5. The summed E-state index contributed by atoms with van der Waals surface area (Å²) in [5.74, 6) is 1.94. The van der Waals surface area contributed by atoms with E-state index in [0.717, 1.165) is 0 Å². The predicted molar refractivity (Wildman–Crippen MR) is 127 cm³/mol. The number of hydrogen-bond acceptors (Lipinski definition) is 6. The van der Waals surface area contributed by atoms with Gasteiger partial charge in [-0.15, -0.1) is 0 Å². The van der Waals surface area contributed by atoms with E-state index in [1.165, 1.54) is 11.1 Å². The molecule has 6 nitrogen and oxygen atoms in total. The summed E-state index contributed by atoms with van der Waals surface area (Å²) in [6.07, 6.45) is -0.346. The Morgan fingerprint density at radius 1 is 0.848 bits per heavy atom. The van der Waals surface area contributed by atoms with Crippen LogP contribution in [-0.2, 0) is 9.47 Å². The maximum atomic E-state index is 6.30. The molecule has 1 aliphatic heterocycles. The lowest BCUT2D eigenvalue weighted by atomic mass is 9.91. The predicted octanol–water partition coefficient (Wildman–Crippen LogP) is 4.25. The topological polar surface area (TPSA) is 58.2 Å². The van der Waals surface area contributed by atoms with Crippen molar-refractivity contribution in [3.8, 4) is 17.2 Å². The van der Waals surface area contributed by atoms with Crippen LogP contribution in [0.25, 0.3) is 0 Å². The fourth-order valence-electron chi connectivity index (χ4n) is 4.03. The van der Waals surface area contributed by atoms with Gasteiger partial charge in [-0.25, -0.2) is 0 Å². The highest BCUT2D eigenvalue weighted by Crippen LogP contribution is 2.36. The van der Waals surface area contributed by atoms with Crippen molar-refractivity contribution in [3.63, 3.8) is 0 Å². The molecule has 0 amide bonds. The Kier molecular flexibility index (Phi) is 8.19. The molecular weight excluding hydrogens is 418 g/mol. The largest absolute Gasteiger partial charge is 0.493 e. The first-order chi connectivity index (χ1) is 16.3. The van der Waals surface area contributed by atoms with Gasteiger partial charge < -0.3 is 29.0 Å². The van der Waals surface area contributed by atoms with Crippen molar-refractivity contribution in [2.45, 2.75) is 18.3 Å². The van der Waals surface area contributed by atoms with Crippen LogP contribution in [-0.4, -0.2) is 52.9 Å². The van der Waals surface area contributed by atoms with Crippen LogP contribution in [0.1, 0.15) is 17.0 Å². The molecule has 0 spiro atoms. The minimum atomic E-state index is -0.323. The van der Waals surface area contributed by atoms with Gasteiger partial charge in [0.15, 0.2) is 17.8 Å². The highest BCUT2D eigenvalue weighted by molar-refractivity contribution is 5.51. The molecule has 1 saturated heterocycles. The molecule has 1 aliphatic rings. The maximum Gasteiger partial charge on any atom is 0.203 e. The van der Waals surface area contributed by atoms with Gasteiger partial charge >= 0.3 is 0 Å². The van der Waals surface area contributed by atoms with E-state index < -0.39 is 0 Å². The molecule has 0 unspecified atom stereocenters. The fourth-order valence-corrected chi connectivity index (χ4v) is 4.03. The van der Waals surface area contributed by atoms with Crippen LogP contribution in [0.15, 0.2) is 78.9 Å². The first-order valence-electron chi connectivity index (χ1n) is 11.2. The number of rotatable bonds is 11. The van der Waals surface area contributed by atoms with Gasteiger partial charge in [0.25, 0.3) is 0 Å². The van der Waals surface area contributed by atoms with Crippen LogP contribution in [0.3, 0.4) is 0 Å². The summed E-state index contributed by atoms with van der Waals surface area (Å²) in [5.41, 5.74) is 2.36. The zero-order chi connectivity index (χ0) is 22.9.